The predicted octanol–water partition coefficient (Wildman–Crippen LogP) is 4.74. The van der Waals surface area contributed by atoms with Crippen LogP contribution in [0.25, 0.3) is 0 Å². The molecule has 110 valence electrons. The monoisotopic (exact) mass is 362 g/mol. The maximum atomic E-state index is 2.45. The molecule has 0 spiro atoms. The number of allylic oxidation sites excluding steroid dienone is 1. The van der Waals surface area contributed by atoms with E-state index < -0.39 is 0 Å². The van der Waals surface area contributed by atoms with E-state index in [9.17, 15) is 0 Å². The summed E-state index contributed by atoms with van der Waals surface area (Å²) in [4.78, 5) is 1.35. The first-order valence-electron chi connectivity index (χ1n) is 7.15. The molecule has 0 unspecified atom stereocenters. The van der Waals surface area contributed by atoms with Gasteiger partial charge in [0.25, 0.3) is 0 Å². The van der Waals surface area contributed by atoms with Crippen molar-refractivity contribution in [2.75, 3.05) is 5.75 Å². The van der Waals surface area contributed by atoms with Gasteiger partial charge in [-0.3, -0.25) is 0 Å². The van der Waals surface area contributed by atoms with Crippen LogP contribution >= 0.6 is 11.8 Å². The van der Waals surface area contributed by atoms with Crippen molar-refractivity contribution in [1.29, 1.82) is 0 Å². The van der Waals surface area contributed by atoms with Crippen molar-refractivity contribution in [2.24, 2.45) is 5.41 Å². The fraction of sp³-hybridized carbons (Fsp3) is 0.263. The molecular weight excluding hydrogens is 339 g/mol. The van der Waals surface area contributed by atoms with E-state index in [4.69, 9.17) is 0 Å². The van der Waals surface area contributed by atoms with Crippen LogP contribution in [0.15, 0.2) is 76.1 Å². The normalized spacial score (nSPS) is 12.4. The van der Waals surface area contributed by atoms with E-state index in [1.165, 1.54) is 9.36 Å². The van der Waals surface area contributed by atoms with Gasteiger partial charge in [0.05, 0.1) is 0 Å². The summed E-state index contributed by atoms with van der Waals surface area (Å²) in [7, 11) is 0. The zero-order chi connectivity index (χ0) is 15.1. The molecule has 2 heteroatoms. The Morgan fingerprint density at radius 3 is 2.10 bits per heavy atom. The second kappa shape index (κ2) is 7.89. The molecular formula is C19H22SSe. The molecule has 0 radical (unpaired) electrons. The zero-order valence-electron chi connectivity index (χ0n) is 12.9. The molecule has 0 aliphatic heterocycles. The fourth-order valence-corrected chi connectivity index (χ4v) is 5.55. The Hall–Kier alpha value is -0.951. The SMILES string of the molecule is CC(C)(C)/C=C(\CSc1ccccc1)[Se]c1ccccc1. The van der Waals surface area contributed by atoms with Crippen LogP contribution in [0.5, 0.6) is 0 Å². The predicted molar refractivity (Wildman–Crippen MR) is 96.5 cm³/mol. The molecule has 21 heavy (non-hydrogen) atoms. The summed E-state index contributed by atoms with van der Waals surface area (Å²) < 4.78 is 3.02. The number of thioether (sulfide) groups is 1. The van der Waals surface area contributed by atoms with E-state index in [1.54, 1.807) is 4.47 Å². The third-order valence-corrected chi connectivity index (χ3v) is 6.35. The molecule has 0 saturated carbocycles. The van der Waals surface area contributed by atoms with E-state index in [0.717, 1.165) is 5.75 Å². The van der Waals surface area contributed by atoms with Crippen LogP contribution in [-0.4, -0.2) is 20.7 Å². The number of rotatable bonds is 5. The summed E-state index contributed by atoms with van der Waals surface area (Å²) in [6, 6.07) is 21.5. The zero-order valence-corrected chi connectivity index (χ0v) is 15.4. The molecule has 0 aromatic heterocycles. The van der Waals surface area contributed by atoms with Gasteiger partial charge in [-0.15, -0.1) is 0 Å². The van der Waals surface area contributed by atoms with Crippen molar-refractivity contribution in [1.82, 2.24) is 0 Å². The van der Waals surface area contributed by atoms with Gasteiger partial charge in [0.1, 0.15) is 0 Å². The van der Waals surface area contributed by atoms with Crippen LogP contribution in [0.3, 0.4) is 0 Å². The van der Waals surface area contributed by atoms with Gasteiger partial charge in [0.15, 0.2) is 0 Å². The molecule has 0 saturated heterocycles. The number of hydrogen-bond acceptors (Lipinski definition) is 1. The number of benzene rings is 2. The van der Waals surface area contributed by atoms with Crippen molar-refractivity contribution in [3.05, 3.63) is 71.2 Å². The Kier molecular flexibility index (Phi) is 6.17. The van der Waals surface area contributed by atoms with Gasteiger partial charge in [-0.25, -0.2) is 0 Å². The summed E-state index contributed by atoms with van der Waals surface area (Å²) in [6.07, 6.45) is 2.45. The molecule has 0 amide bonds. The van der Waals surface area contributed by atoms with E-state index >= 15 is 0 Å². The van der Waals surface area contributed by atoms with Crippen LogP contribution in [0.2, 0.25) is 0 Å². The van der Waals surface area contributed by atoms with Gasteiger partial charge >= 0.3 is 139 Å². The molecule has 2 rings (SSSR count). The topological polar surface area (TPSA) is 0 Å². The molecule has 2 aromatic rings. The molecule has 2 aromatic carbocycles. The van der Waals surface area contributed by atoms with E-state index in [-0.39, 0.29) is 5.41 Å². The van der Waals surface area contributed by atoms with Crippen molar-refractivity contribution in [3.63, 3.8) is 0 Å². The molecule has 0 atom stereocenters. The minimum absolute atomic E-state index is 0.239. The van der Waals surface area contributed by atoms with E-state index in [0.29, 0.717) is 15.0 Å². The van der Waals surface area contributed by atoms with Gasteiger partial charge in [-0.2, -0.15) is 0 Å². The van der Waals surface area contributed by atoms with Crippen LogP contribution in [0.1, 0.15) is 20.8 Å². The van der Waals surface area contributed by atoms with Crippen molar-refractivity contribution in [2.45, 2.75) is 25.7 Å². The van der Waals surface area contributed by atoms with Crippen molar-refractivity contribution < 1.29 is 0 Å². The standard InChI is InChI=1S/C19H22SSe/c1-19(2,3)14-18(21-17-12-8-5-9-13-17)15-20-16-10-6-4-7-11-16/h4-14H,15H2,1-3H3/b18-14+. The molecule has 0 N–H and O–H groups in total. The molecule has 0 heterocycles. The summed E-state index contributed by atoms with van der Waals surface area (Å²) in [6.45, 7) is 6.84. The average molecular weight is 361 g/mol. The molecule has 0 nitrogen and oxygen atoms in total. The Morgan fingerprint density at radius 1 is 0.952 bits per heavy atom. The molecule has 0 fully saturated rings. The second-order valence-corrected chi connectivity index (χ2v) is 9.56. The van der Waals surface area contributed by atoms with Crippen molar-refractivity contribution in [3.8, 4) is 0 Å². The third kappa shape index (κ3) is 6.56. The van der Waals surface area contributed by atoms with E-state index in [2.05, 4.69) is 87.5 Å². The first kappa shape index (κ1) is 16.4. The van der Waals surface area contributed by atoms with Crippen LogP contribution in [0, 0.1) is 5.41 Å². The van der Waals surface area contributed by atoms with Crippen molar-refractivity contribution >= 4 is 31.2 Å². The van der Waals surface area contributed by atoms with Gasteiger partial charge in [-0.1, -0.05) is 0 Å². The molecule has 0 bridgehead atoms. The van der Waals surface area contributed by atoms with Crippen LogP contribution < -0.4 is 4.46 Å². The Morgan fingerprint density at radius 2 is 1.52 bits per heavy atom. The Bertz CT molecular complexity index is 568. The quantitative estimate of drug-likeness (QED) is 0.548. The fourth-order valence-electron chi connectivity index (χ4n) is 1.89. The first-order chi connectivity index (χ1) is 10.0. The molecule has 0 aliphatic rings. The van der Waals surface area contributed by atoms with E-state index in [1.807, 2.05) is 11.8 Å². The van der Waals surface area contributed by atoms with Gasteiger partial charge in [0.2, 0.25) is 0 Å². The summed E-state index contributed by atoms with van der Waals surface area (Å²) in [5, 5.41) is 0. The average Bonchev–Trinajstić information content (AvgIpc) is 2.45. The second-order valence-electron chi connectivity index (χ2n) is 5.99. The minimum atomic E-state index is 0.239. The van der Waals surface area contributed by atoms with Gasteiger partial charge in [-0.05, 0) is 0 Å². The maximum absolute atomic E-state index is 2.45. The number of hydrogen-bond donors (Lipinski definition) is 0. The van der Waals surface area contributed by atoms with Gasteiger partial charge in [0, 0.05) is 0 Å². The van der Waals surface area contributed by atoms with Crippen LogP contribution in [-0.2, 0) is 0 Å². The Balaban J connectivity index is 2.08. The summed E-state index contributed by atoms with van der Waals surface area (Å²) in [5.74, 6) is 1.08. The Labute approximate surface area is 139 Å². The molecule has 0 aliphatic carbocycles. The summed E-state index contributed by atoms with van der Waals surface area (Å²) in [5.41, 5.74) is 0.239. The summed E-state index contributed by atoms with van der Waals surface area (Å²) >= 11 is 2.35. The van der Waals surface area contributed by atoms with Crippen LogP contribution in [0.4, 0.5) is 0 Å². The third-order valence-electron chi connectivity index (χ3n) is 2.71. The van der Waals surface area contributed by atoms with Gasteiger partial charge < -0.3 is 0 Å². The first-order valence-corrected chi connectivity index (χ1v) is 9.85.